The molecule has 45 nitrogen and oxygen atoms in total. The molecule has 0 aliphatic heterocycles. The summed E-state index contributed by atoms with van der Waals surface area (Å²) >= 11 is 1.18. The number of nitrogens with two attached hydrogens (primary N) is 2. The standard InChI is InChI=1S/C70H121N17O28S/c1-15-33(10)52(67(111)83-46(28-91)70(114)115)85-66(110)51(32(8)9)84-61(105)42(24-47(71)94)79-68(112)53(35(12)92)87-64(108)45(27-90)81-60(104)40(22-29(2)3)77-63(107)43(25-88)80-57(101)37(16-18-48(95)96)74-55(99)34(11)73-56(100)39(20-21-116-14)76-62(106)44(26-89)82-69(113)54(36(13)93)86-58(102)38(17-19-49(97)98)75-59(103)41(23-30(4)5)78-65(109)50(72)31(6)7/h29-46,50-54,88-93H,15-28,72H2,1-14H3,(H2,71,94)(H,73,100)(H,74,99)(H,75,103)(H,76,106)(H,77,107)(H,78,109)(H,79,112)(H,80,101)(H,81,104)(H,82,113)(H,83,111)(H,84,105)(H,85,110)(H,86,102)(H,87,108)(H,95,96)(H,97,98)(H,114,115)/t33-,34-,35+,36+,37-,38-,39-,40-,41-,42-,43-,44-,45-,46-,50-,51-,52-,53-,54-/m0/s1. The Labute approximate surface area is 674 Å². The lowest BCUT2D eigenvalue weighted by molar-refractivity contribution is -0.144. The van der Waals surface area contributed by atoms with Gasteiger partial charge in [0.05, 0.1) is 51.1 Å². The summed E-state index contributed by atoms with van der Waals surface area (Å²) in [5.41, 5.74) is 11.4. The minimum atomic E-state index is -2.07. The number of hydrogen-bond acceptors (Lipinski definition) is 27. The van der Waals surface area contributed by atoms with Gasteiger partial charge in [-0.2, -0.15) is 11.8 Å². The van der Waals surface area contributed by atoms with Crippen molar-refractivity contribution in [2.45, 2.75) is 257 Å². The minimum Gasteiger partial charge on any atom is -0.481 e. The number of aliphatic hydroxyl groups is 6. The van der Waals surface area contributed by atoms with E-state index in [0.29, 0.717) is 0 Å². The van der Waals surface area contributed by atoms with Crippen LogP contribution in [-0.4, -0.2) is 306 Å². The van der Waals surface area contributed by atoms with Gasteiger partial charge in [-0.05, 0) is 94.5 Å². The number of carboxylic acids is 3. The molecular formula is C70H121N17O28S. The fourth-order valence-electron chi connectivity index (χ4n) is 10.6. The second-order valence-electron chi connectivity index (χ2n) is 29.3. The highest BCUT2D eigenvalue weighted by atomic mass is 32.2. The van der Waals surface area contributed by atoms with Crippen LogP contribution in [0.25, 0.3) is 0 Å². The average Bonchev–Trinajstić information content (AvgIpc) is 0.852. The monoisotopic (exact) mass is 1680 g/mol. The molecule has 660 valence electrons. The zero-order valence-electron chi connectivity index (χ0n) is 67.5. The van der Waals surface area contributed by atoms with Gasteiger partial charge < -0.3 is 137 Å². The summed E-state index contributed by atoms with van der Waals surface area (Å²) in [6.07, 6.45) is -5.93. The van der Waals surface area contributed by atoms with E-state index in [1.165, 1.54) is 25.6 Å². The molecule has 0 heterocycles. The van der Waals surface area contributed by atoms with Crippen LogP contribution >= 0.6 is 11.8 Å². The topological polar surface area (TPSA) is 739 Å². The molecule has 0 aromatic rings. The molecular weight excluding hydrogens is 1560 g/mol. The Hall–Kier alpha value is -10.00. The van der Waals surface area contributed by atoms with E-state index in [-0.39, 0.29) is 43.3 Å². The first-order valence-corrected chi connectivity index (χ1v) is 38.9. The van der Waals surface area contributed by atoms with Gasteiger partial charge in [-0.1, -0.05) is 75.7 Å². The Bertz CT molecular complexity index is 3370. The van der Waals surface area contributed by atoms with Crippen molar-refractivity contribution in [2.75, 3.05) is 38.4 Å². The number of aliphatic hydroxyl groups excluding tert-OH is 6. The van der Waals surface area contributed by atoms with Crippen molar-refractivity contribution in [2.24, 2.45) is 41.1 Å². The maximum absolute atomic E-state index is 14.0. The summed E-state index contributed by atoms with van der Waals surface area (Å²) in [7, 11) is 0. The zero-order chi connectivity index (χ0) is 89.5. The number of amides is 16. The van der Waals surface area contributed by atoms with E-state index in [0.717, 1.165) is 20.8 Å². The summed E-state index contributed by atoms with van der Waals surface area (Å²) in [5, 5.41) is 124. The number of primary amides is 1. The molecule has 16 amide bonds. The molecule has 0 fully saturated rings. The van der Waals surface area contributed by atoms with Crippen LogP contribution in [0.1, 0.15) is 148 Å². The second kappa shape index (κ2) is 53.3. The molecule has 0 radical (unpaired) electrons. The molecule has 0 rings (SSSR count). The number of carbonyl (C=O) groups is 19. The molecule has 0 saturated heterocycles. The minimum absolute atomic E-state index is 0.0411. The van der Waals surface area contributed by atoms with Crippen LogP contribution in [0.3, 0.4) is 0 Å². The number of aliphatic carboxylic acids is 3. The van der Waals surface area contributed by atoms with Gasteiger partial charge in [0.1, 0.15) is 90.6 Å². The predicted molar refractivity (Wildman–Crippen MR) is 411 cm³/mol. The molecule has 0 spiro atoms. The van der Waals surface area contributed by atoms with E-state index in [2.05, 4.69) is 79.8 Å². The molecule has 0 aromatic carbocycles. The molecule has 19 atom stereocenters. The molecule has 0 saturated carbocycles. The van der Waals surface area contributed by atoms with Crippen LogP contribution in [0, 0.1) is 29.6 Å². The molecule has 0 aliphatic carbocycles. The predicted octanol–water partition coefficient (Wildman–Crippen LogP) is -9.77. The Balaban J connectivity index is 6.65. The molecule has 116 heavy (non-hydrogen) atoms. The smallest absolute Gasteiger partial charge is 0.328 e. The zero-order valence-corrected chi connectivity index (χ0v) is 68.3. The highest BCUT2D eigenvalue weighted by Gasteiger charge is 2.41. The van der Waals surface area contributed by atoms with Gasteiger partial charge in [-0.3, -0.25) is 86.3 Å². The van der Waals surface area contributed by atoms with Crippen LogP contribution in [0.15, 0.2) is 0 Å². The summed E-state index contributed by atoms with van der Waals surface area (Å²) in [6.45, 7) is 14.6. The summed E-state index contributed by atoms with van der Waals surface area (Å²) in [6, 6.07) is -27.4. The van der Waals surface area contributed by atoms with E-state index in [9.17, 15) is 137 Å². The van der Waals surface area contributed by atoms with Gasteiger partial charge in [-0.25, -0.2) is 4.79 Å². The van der Waals surface area contributed by atoms with E-state index < -0.39 is 298 Å². The van der Waals surface area contributed by atoms with Crippen molar-refractivity contribution < 1.29 is 137 Å². The normalized spacial score (nSPS) is 16.2. The largest absolute Gasteiger partial charge is 0.481 e. The van der Waals surface area contributed by atoms with Gasteiger partial charge >= 0.3 is 17.9 Å². The highest BCUT2D eigenvalue weighted by Crippen LogP contribution is 2.15. The summed E-state index contributed by atoms with van der Waals surface area (Å²) in [4.78, 5) is 253. The van der Waals surface area contributed by atoms with E-state index in [1.54, 1.807) is 61.6 Å². The molecule has 0 aromatic heterocycles. The van der Waals surface area contributed by atoms with Crippen molar-refractivity contribution >= 4 is 124 Å². The maximum Gasteiger partial charge on any atom is 0.328 e. The van der Waals surface area contributed by atoms with Crippen LogP contribution in [0.2, 0.25) is 0 Å². The Kier molecular flexibility index (Phi) is 48.7. The SMILES string of the molecule is CC[C@H](C)[C@H](NC(=O)[C@@H](NC(=O)[C@H](CC(N)=O)NC(=O)[C@@H](NC(=O)[C@H](CO)NC(=O)[C@H](CC(C)C)NC(=O)[C@H](CO)NC(=O)[C@H](CCC(=O)O)NC(=O)[C@H](C)NC(=O)[C@H](CCSC)NC(=O)[C@H](CO)NC(=O)[C@@H](NC(=O)[C@H](CCC(=O)O)NC(=O)[C@H](CC(C)C)NC(=O)[C@@H](N)C(C)C)[C@@H](C)O)[C@@H](C)O)C(C)C)C(=O)N[C@@H](CO)C(=O)O. The van der Waals surface area contributed by atoms with E-state index >= 15 is 0 Å². The third kappa shape index (κ3) is 38.2. The summed E-state index contributed by atoms with van der Waals surface area (Å²) < 4.78 is 0. The number of nitrogens with one attached hydrogen (secondary N) is 15. The number of hydrogen-bond donors (Lipinski definition) is 26. The van der Waals surface area contributed by atoms with Gasteiger partial charge in [0.15, 0.2) is 0 Å². The van der Waals surface area contributed by atoms with Crippen molar-refractivity contribution in [3.8, 4) is 0 Å². The Morgan fingerprint density at radius 3 is 0.991 bits per heavy atom. The lowest BCUT2D eigenvalue weighted by Gasteiger charge is -2.30. The van der Waals surface area contributed by atoms with Crippen molar-refractivity contribution in [1.29, 1.82) is 0 Å². The molecule has 46 heteroatoms. The van der Waals surface area contributed by atoms with Crippen molar-refractivity contribution in [3.63, 3.8) is 0 Å². The lowest BCUT2D eigenvalue weighted by Crippen LogP contribution is -2.63. The molecule has 28 N–H and O–H groups in total. The lowest BCUT2D eigenvalue weighted by atomic mass is 9.96. The number of carbonyl (C=O) groups excluding carboxylic acids is 16. The highest BCUT2D eigenvalue weighted by molar-refractivity contribution is 7.98. The number of carboxylic acid groups (broad SMARTS) is 3. The number of rotatable bonds is 56. The van der Waals surface area contributed by atoms with Crippen molar-refractivity contribution in [3.05, 3.63) is 0 Å². The van der Waals surface area contributed by atoms with E-state index in [4.69, 9.17) is 11.5 Å². The van der Waals surface area contributed by atoms with Crippen LogP contribution < -0.4 is 91.2 Å². The van der Waals surface area contributed by atoms with Crippen molar-refractivity contribution in [1.82, 2.24) is 79.8 Å². The van der Waals surface area contributed by atoms with Gasteiger partial charge in [0.25, 0.3) is 0 Å². The molecule has 0 bridgehead atoms. The van der Waals surface area contributed by atoms with Gasteiger partial charge in [0, 0.05) is 12.8 Å². The third-order valence-electron chi connectivity index (χ3n) is 17.7. The third-order valence-corrected chi connectivity index (χ3v) is 18.3. The fraction of sp³-hybridized carbons (Fsp3) is 0.729. The fourth-order valence-corrected chi connectivity index (χ4v) is 11.1. The van der Waals surface area contributed by atoms with Gasteiger partial charge in [-0.15, -0.1) is 0 Å². The second-order valence-corrected chi connectivity index (χ2v) is 30.3. The molecule has 0 unspecified atom stereocenters. The first kappa shape index (κ1) is 106. The van der Waals surface area contributed by atoms with E-state index in [1.807, 2.05) is 0 Å². The Morgan fingerprint density at radius 2 is 0.629 bits per heavy atom. The summed E-state index contributed by atoms with van der Waals surface area (Å²) in [5.74, 6) is -25.4. The first-order valence-electron chi connectivity index (χ1n) is 37.5. The van der Waals surface area contributed by atoms with Gasteiger partial charge in [0.2, 0.25) is 94.5 Å². The quantitative estimate of drug-likeness (QED) is 0.0269. The Morgan fingerprint density at radius 1 is 0.336 bits per heavy atom. The maximum atomic E-state index is 14.0. The number of thioether (sulfide) groups is 1. The van der Waals surface area contributed by atoms with Crippen LogP contribution in [0.4, 0.5) is 0 Å². The first-order chi connectivity index (χ1) is 54.0. The van der Waals surface area contributed by atoms with Crippen LogP contribution in [0.5, 0.6) is 0 Å². The molecule has 0 aliphatic rings. The average molecular weight is 1680 g/mol. The van der Waals surface area contributed by atoms with Crippen LogP contribution in [-0.2, 0) is 91.1 Å².